The SMILES string of the molecule is Cc1ccc([C@H](C[NH+]2CCOCC2)NC(=S)Nc2cccc(C)c2)cc1. The van der Waals surface area contributed by atoms with Crippen molar-refractivity contribution in [2.75, 3.05) is 38.2 Å². The van der Waals surface area contributed by atoms with E-state index in [0.29, 0.717) is 5.11 Å². The van der Waals surface area contributed by atoms with E-state index in [1.165, 1.54) is 16.7 Å². The minimum Gasteiger partial charge on any atom is -0.370 e. The molecule has 4 nitrogen and oxygen atoms in total. The maximum atomic E-state index is 5.59. The van der Waals surface area contributed by atoms with E-state index in [2.05, 4.69) is 60.9 Å². The molecular weight excluding hydrogens is 342 g/mol. The van der Waals surface area contributed by atoms with Crippen molar-refractivity contribution < 1.29 is 9.64 Å². The number of nitrogens with one attached hydrogen (secondary N) is 3. The first-order valence-corrected chi connectivity index (χ1v) is 9.63. The van der Waals surface area contributed by atoms with Crippen LogP contribution >= 0.6 is 12.2 Å². The van der Waals surface area contributed by atoms with Crippen LogP contribution in [0.3, 0.4) is 0 Å². The topological polar surface area (TPSA) is 37.7 Å². The van der Waals surface area contributed by atoms with Crippen molar-refractivity contribution in [2.24, 2.45) is 0 Å². The van der Waals surface area contributed by atoms with E-state index >= 15 is 0 Å². The number of hydrogen-bond acceptors (Lipinski definition) is 2. The average molecular weight is 371 g/mol. The van der Waals surface area contributed by atoms with E-state index in [1.807, 2.05) is 12.1 Å². The molecule has 26 heavy (non-hydrogen) atoms. The Morgan fingerprint density at radius 1 is 1.08 bits per heavy atom. The molecule has 1 heterocycles. The van der Waals surface area contributed by atoms with Crippen LogP contribution in [0.4, 0.5) is 5.69 Å². The standard InChI is InChI=1S/C21H27N3OS/c1-16-6-8-18(9-7-16)20(15-24-10-12-25-13-11-24)23-21(26)22-19-5-3-4-17(2)14-19/h3-9,14,20H,10-13,15H2,1-2H3,(H2,22,23,26)/p+1/t20-/m0/s1. The number of quaternary nitrogens is 1. The van der Waals surface area contributed by atoms with Gasteiger partial charge in [0, 0.05) is 5.69 Å². The van der Waals surface area contributed by atoms with Gasteiger partial charge in [-0.3, -0.25) is 0 Å². The second kappa shape index (κ2) is 9.12. The van der Waals surface area contributed by atoms with Crippen LogP contribution in [-0.2, 0) is 4.74 Å². The predicted molar refractivity (Wildman–Crippen MR) is 111 cm³/mol. The molecule has 0 saturated carbocycles. The van der Waals surface area contributed by atoms with E-state index in [0.717, 1.165) is 38.5 Å². The van der Waals surface area contributed by atoms with E-state index < -0.39 is 0 Å². The molecule has 3 N–H and O–H groups in total. The maximum Gasteiger partial charge on any atom is 0.171 e. The van der Waals surface area contributed by atoms with Crippen molar-refractivity contribution in [1.82, 2.24) is 5.32 Å². The number of hydrogen-bond donors (Lipinski definition) is 3. The third-order valence-electron chi connectivity index (χ3n) is 4.75. The fraction of sp³-hybridized carbons (Fsp3) is 0.381. The summed E-state index contributed by atoms with van der Waals surface area (Å²) in [6, 6.07) is 17.1. The fourth-order valence-corrected chi connectivity index (χ4v) is 3.51. The summed E-state index contributed by atoms with van der Waals surface area (Å²) >= 11 is 5.59. The van der Waals surface area contributed by atoms with Crippen LogP contribution in [0.5, 0.6) is 0 Å². The molecule has 1 aliphatic heterocycles. The third-order valence-corrected chi connectivity index (χ3v) is 4.97. The number of ether oxygens (including phenoxy) is 1. The zero-order chi connectivity index (χ0) is 18.4. The minimum atomic E-state index is 0.175. The summed E-state index contributed by atoms with van der Waals surface area (Å²) in [5, 5.41) is 7.51. The maximum absolute atomic E-state index is 5.59. The van der Waals surface area contributed by atoms with E-state index in [4.69, 9.17) is 17.0 Å². The molecule has 1 fully saturated rings. The van der Waals surface area contributed by atoms with Gasteiger partial charge in [0.2, 0.25) is 0 Å². The molecule has 1 saturated heterocycles. The Labute approximate surface area is 161 Å². The largest absolute Gasteiger partial charge is 0.370 e. The number of benzene rings is 2. The first-order valence-electron chi connectivity index (χ1n) is 9.22. The summed E-state index contributed by atoms with van der Waals surface area (Å²) in [6.45, 7) is 8.94. The first-order chi connectivity index (χ1) is 12.6. The Bertz CT molecular complexity index is 726. The fourth-order valence-electron chi connectivity index (χ4n) is 3.25. The third kappa shape index (κ3) is 5.53. The lowest BCUT2D eigenvalue weighted by Crippen LogP contribution is -3.14. The number of thiocarbonyl (C=S) groups is 1. The van der Waals surface area contributed by atoms with Crippen LogP contribution in [0.25, 0.3) is 0 Å². The summed E-state index contributed by atoms with van der Waals surface area (Å²) in [5.74, 6) is 0. The van der Waals surface area contributed by atoms with Gasteiger partial charge >= 0.3 is 0 Å². The molecule has 3 rings (SSSR count). The predicted octanol–water partition coefficient (Wildman–Crippen LogP) is 2.25. The number of anilines is 1. The van der Waals surface area contributed by atoms with Crippen molar-refractivity contribution in [3.63, 3.8) is 0 Å². The van der Waals surface area contributed by atoms with E-state index in [1.54, 1.807) is 4.90 Å². The van der Waals surface area contributed by atoms with Crippen LogP contribution in [0, 0.1) is 13.8 Å². The molecule has 0 aromatic heterocycles. The molecule has 0 unspecified atom stereocenters. The quantitative estimate of drug-likeness (QED) is 0.706. The van der Waals surface area contributed by atoms with Crippen molar-refractivity contribution in [2.45, 2.75) is 19.9 Å². The Kier molecular flexibility index (Phi) is 6.61. The molecule has 138 valence electrons. The Balaban J connectivity index is 1.69. The van der Waals surface area contributed by atoms with Crippen molar-refractivity contribution in [1.29, 1.82) is 0 Å². The first kappa shape index (κ1) is 18.8. The molecule has 2 aromatic carbocycles. The van der Waals surface area contributed by atoms with Gasteiger partial charge in [0.25, 0.3) is 0 Å². The van der Waals surface area contributed by atoms with Gasteiger partial charge in [0.1, 0.15) is 25.7 Å². The Hall–Kier alpha value is -1.95. The van der Waals surface area contributed by atoms with Crippen molar-refractivity contribution in [3.05, 3.63) is 65.2 Å². The van der Waals surface area contributed by atoms with Crippen LogP contribution in [0.2, 0.25) is 0 Å². The summed E-state index contributed by atoms with van der Waals surface area (Å²) in [5.41, 5.74) is 4.77. The summed E-state index contributed by atoms with van der Waals surface area (Å²) in [6.07, 6.45) is 0. The Morgan fingerprint density at radius 2 is 1.81 bits per heavy atom. The molecule has 2 aromatic rings. The molecule has 0 bridgehead atoms. The molecular formula is C21H28N3OS+. The molecule has 0 aliphatic carbocycles. The van der Waals surface area contributed by atoms with Gasteiger partial charge in [-0.2, -0.15) is 0 Å². The van der Waals surface area contributed by atoms with Gasteiger partial charge in [-0.1, -0.05) is 42.0 Å². The highest BCUT2D eigenvalue weighted by molar-refractivity contribution is 7.80. The summed E-state index contributed by atoms with van der Waals surface area (Å²) < 4.78 is 5.49. The molecule has 0 amide bonds. The summed E-state index contributed by atoms with van der Waals surface area (Å²) in [4.78, 5) is 1.55. The van der Waals surface area contributed by atoms with Gasteiger partial charge in [-0.05, 0) is 49.3 Å². The van der Waals surface area contributed by atoms with Gasteiger partial charge < -0.3 is 20.3 Å². The zero-order valence-electron chi connectivity index (χ0n) is 15.5. The highest BCUT2D eigenvalue weighted by atomic mass is 32.1. The average Bonchev–Trinajstić information content (AvgIpc) is 2.63. The lowest BCUT2D eigenvalue weighted by Gasteiger charge is -2.29. The van der Waals surface area contributed by atoms with Crippen LogP contribution in [0.1, 0.15) is 22.7 Å². The van der Waals surface area contributed by atoms with Gasteiger partial charge in [0.05, 0.1) is 13.2 Å². The number of aryl methyl sites for hydroxylation is 2. The van der Waals surface area contributed by atoms with Crippen molar-refractivity contribution in [3.8, 4) is 0 Å². The molecule has 0 spiro atoms. The van der Waals surface area contributed by atoms with Gasteiger partial charge in [0.15, 0.2) is 5.11 Å². The lowest BCUT2D eigenvalue weighted by molar-refractivity contribution is -0.909. The van der Waals surface area contributed by atoms with E-state index in [-0.39, 0.29) is 6.04 Å². The zero-order valence-corrected chi connectivity index (χ0v) is 16.4. The summed E-state index contributed by atoms with van der Waals surface area (Å²) in [7, 11) is 0. The normalized spacial score (nSPS) is 16.1. The Morgan fingerprint density at radius 3 is 2.50 bits per heavy atom. The molecule has 0 radical (unpaired) electrons. The monoisotopic (exact) mass is 370 g/mol. The van der Waals surface area contributed by atoms with Gasteiger partial charge in [-0.15, -0.1) is 0 Å². The van der Waals surface area contributed by atoms with Gasteiger partial charge in [-0.25, -0.2) is 0 Å². The van der Waals surface area contributed by atoms with Crippen molar-refractivity contribution >= 4 is 23.0 Å². The lowest BCUT2D eigenvalue weighted by atomic mass is 10.0. The van der Waals surface area contributed by atoms with Crippen LogP contribution < -0.4 is 15.5 Å². The molecule has 5 heteroatoms. The highest BCUT2D eigenvalue weighted by Crippen LogP contribution is 2.14. The second-order valence-electron chi connectivity index (χ2n) is 7.00. The van der Waals surface area contributed by atoms with E-state index in [9.17, 15) is 0 Å². The minimum absolute atomic E-state index is 0.175. The number of rotatable bonds is 5. The number of morpholine rings is 1. The smallest absolute Gasteiger partial charge is 0.171 e. The second-order valence-corrected chi connectivity index (χ2v) is 7.41. The molecule has 1 atom stereocenters. The molecule has 1 aliphatic rings. The van der Waals surface area contributed by atoms with Crippen LogP contribution in [0.15, 0.2) is 48.5 Å². The van der Waals surface area contributed by atoms with Crippen LogP contribution in [-0.4, -0.2) is 38.0 Å². The highest BCUT2D eigenvalue weighted by Gasteiger charge is 2.22.